The summed E-state index contributed by atoms with van der Waals surface area (Å²) in [4.78, 5) is 26.0. The van der Waals surface area contributed by atoms with Crippen molar-refractivity contribution < 1.29 is 0 Å². The van der Waals surface area contributed by atoms with Crippen LogP contribution in [0, 0.1) is 0 Å². The van der Waals surface area contributed by atoms with Crippen molar-refractivity contribution in [2.24, 2.45) is 4.99 Å². The Morgan fingerprint density at radius 3 is 2.60 bits per heavy atom. The van der Waals surface area contributed by atoms with E-state index in [1.807, 2.05) is 30.5 Å². The molecule has 0 atom stereocenters. The molecule has 1 aromatic carbocycles. The Kier molecular flexibility index (Phi) is 2.73. The number of benzene rings is 1. The topological polar surface area (TPSA) is 91.7 Å². The molecule has 0 fully saturated rings. The van der Waals surface area contributed by atoms with Gasteiger partial charge < -0.3 is 10.3 Å². The highest BCUT2D eigenvalue weighted by molar-refractivity contribution is 6.22. The van der Waals surface area contributed by atoms with Crippen LogP contribution in [0.15, 0.2) is 41.7 Å². The number of hydrogen-bond donors (Lipinski definition) is 2. The SMILES string of the molecule is C=Nc1nc(NC)c2nc3c4cccnc4c4[nH]cccc4c3nc12. The molecule has 4 aromatic heterocycles. The number of nitrogens with zero attached hydrogens (tertiary/aromatic N) is 5. The zero-order chi connectivity index (χ0) is 17.0. The van der Waals surface area contributed by atoms with Crippen LogP contribution in [0.4, 0.5) is 11.6 Å². The van der Waals surface area contributed by atoms with Gasteiger partial charge in [-0.25, -0.2) is 19.9 Å². The van der Waals surface area contributed by atoms with Gasteiger partial charge in [-0.2, -0.15) is 0 Å². The van der Waals surface area contributed by atoms with Gasteiger partial charge in [-0.3, -0.25) is 4.98 Å². The van der Waals surface area contributed by atoms with Crippen molar-refractivity contribution in [2.45, 2.75) is 0 Å². The zero-order valence-electron chi connectivity index (χ0n) is 13.4. The van der Waals surface area contributed by atoms with E-state index in [4.69, 9.17) is 9.97 Å². The van der Waals surface area contributed by atoms with Crippen LogP contribution < -0.4 is 5.32 Å². The molecule has 0 saturated heterocycles. The summed E-state index contributed by atoms with van der Waals surface area (Å²) in [6.07, 6.45) is 3.66. The number of rotatable bonds is 2. The third-order valence-corrected chi connectivity index (χ3v) is 4.35. The maximum Gasteiger partial charge on any atom is 0.182 e. The van der Waals surface area contributed by atoms with Crippen LogP contribution in [-0.2, 0) is 0 Å². The first-order valence-electron chi connectivity index (χ1n) is 7.81. The Morgan fingerprint density at radius 1 is 0.960 bits per heavy atom. The molecule has 0 radical (unpaired) electrons. The lowest BCUT2D eigenvalue weighted by Gasteiger charge is -2.08. The largest absolute Gasteiger partial charge is 0.371 e. The Hall–Kier alpha value is -3.61. The molecule has 5 rings (SSSR count). The van der Waals surface area contributed by atoms with E-state index in [-0.39, 0.29) is 0 Å². The summed E-state index contributed by atoms with van der Waals surface area (Å²) in [6.45, 7) is 3.60. The number of aromatic nitrogens is 5. The fourth-order valence-corrected chi connectivity index (χ4v) is 3.25. The first-order chi connectivity index (χ1) is 12.3. The lowest BCUT2D eigenvalue weighted by Crippen LogP contribution is -1.94. The Balaban J connectivity index is 2.12. The molecule has 0 bridgehead atoms. The number of hydrogen-bond acceptors (Lipinski definition) is 6. The molecule has 25 heavy (non-hydrogen) atoms. The molecular formula is C18H13N7. The molecular weight excluding hydrogens is 314 g/mol. The minimum absolute atomic E-state index is 0.480. The molecule has 0 aliphatic rings. The molecule has 4 heterocycles. The summed E-state index contributed by atoms with van der Waals surface area (Å²) in [5.41, 5.74) is 4.71. The molecule has 0 saturated carbocycles. The standard InChI is InChI=1S/C18H13N7/c1-19-17-15-16(18(20-2)25-17)24-14-10-6-4-8-22-12(10)11-9(13(14)23-15)5-3-7-21-11/h3-8,21H,1H2,2H3,(H,20,25). The summed E-state index contributed by atoms with van der Waals surface area (Å²) < 4.78 is 0. The van der Waals surface area contributed by atoms with Crippen LogP contribution >= 0.6 is 0 Å². The van der Waals surface area contributed by atoms with Crippen LogP contribution in [-0.4, -0.2) is 38.7 Å². The highest BCUT2D eigenvalue weighted by Gasteiger charge is 2.18. The summed E-state index contributed by atoms with van der Waals surface area (Å²) in [5.74, 6) is 1.12. The molecule has 0 unspecified atom stereocenters. The van der Waals surface area contributed by atoms with Crippen LogP contribution in [0.25, 0.3) is 43.9 Å². The number of aromatic amines is 1. The van der Waals surface area contributed by atoms with Gasteiger partial charge in [0.1, 0.15) is 11.0 Å². The van der Waals surface area contributed by atoms with Crippen molar-refractivity contribution >= 4 is 62.2 Å². The maximum absolute atomic E-state index is 4.87. The summed E-state index contributed by atoms with van der Waals surface area (Å²) in [6, 6.07) is 7.87. The number of nitrogens with one attached hydrogen (secondary N) is 2. The highest BCUT2D eigenvalue weighted by Crippen LogP contribution is 2.35. The second kappa shape index (κ2) is 4.94. The number of H-pyrrole nitrogens is 1. The van der Waals surface area contributed by atoms with Gasteiger partial charge in [0.15, 0.2) is 11.6 Å². The van der Waals surface area contributed by atoms with Gasteiger partial charge in [0.05, 0.1) is 22.1 Å². The lowest BCUT2D eigenvalue weighted by molar-refractivity contribution is 1.32. The van der Waals surface area contributed by atoms with E-state index in [2.05, 4.69) is 32.0 Å². The maximum atomic E-state index is 4.87. The van der Waals surface area contributed by atoms with E-state index in [1.165, 1.54) is 0 Å². The molecule has 0 amide bonds. The molecule has 0 spiro atoms. The molecule has 7 heteroatoms. The smallest absolute Gasteiger partial charge is 0.182 e. The average molecular weight is 327 g/mol. The first-order valence-corrected chi connectivity index (χ1v) is 7.81. The number of anilines is 1. The summed E-state index contributed by atoms with van der Waals surface area (Å²) >= 11 is 0. The summed E-state index contributed by atoms with van der Waals surface area (Å²) in [5, 5.41) is 4.95. The number of pyridine rings is 2. The lowest BCUT2D eigenvalue weighted by atomic mass is 10.1. The second-order valence-corrected chi connectivity index (χ2v) is 5.67. The van der Waals surface area contributed by atoms with Gasteiger partial charge >= 0.3 is 0 Å². The molecule has 5 aromatic rings. The summed E-state index contributed by atoms with van der Waals surface area (Å²) in [7, 11) is 1.80. The minimum atomic E-state index is 0.480. The minimum Gasteiger partial charge on any atom is -0.371 e. The predicted octanol–water partition coefficient (Wildman–Crippen LogP) is 3.58. The van der Waals surface area contributed by atoms with Crippen molar-refractivity contribution in [2.75, 3.05) is 12.4 Å². The molecule has 0 aliphatic carbocycles. The van der Waals surface area contributed by atoms with E-state index < -0.39 is 0 Å². The highest BCUT2D eigenvalue weighted by atomic mass is 15.1. The van der Waals surface area contributed by atoms with Crippen LogP contribution in [0.1, 0.15) is 0 Å². The fraction of sp³-hybridized carbons (Fsp3) is 0.0556. The van der Waals surface area contributed by atoms with E-state index in [0.29, 0.717) is 22.7 Å². The monoisotopic (exact) mass is 327 g/mol. The van der Waals surface area contributed by atoms with Crippen molar-refractivity contribution in [1.82, 2.24) is 24.9 Å². The molecule has 0 aliphatic heterocycles. The van der Waals surface area contributed by atoms with Crippen LogP contribution in [0.5, 0.6) is 0 Å². The normalized spacial score (nSPS) is 11.6. The van der Waals surface area contributed by atoms with Crippen molar-refractivity contribution in [1.29, 1.82) is 0 Å². The van der Waals surface area contributed by atoms with Gasteiger partial charge in [-0.15, -0.1) is 0 Å². The Morgan fingerprint density at radius 2 is 1.76 bits per heavy atom. The van der Waals surface area contributed by atoms with Crippen molar-refractivity contribution in [3.05, 3.63) is 36.7 Å². The van der Waals surface area contributed by atoms with E-state index >= 15 is 0 Å². The first kappa shape index (κ1) is 13.8. The van der Waals surface area contributed by atoms with Crippen LogP contribution in [0.3, 0.4) is 0 Å². The van der Waals surface area contributed by atoms with Gasteiger partial charge in [0.2, 0.25) is 0 Å². The van der Waals surface area contributed by atoms with Crippen molar-refractivity contribution in [3.8, 4) is 0 Å². The third-order valence-electron chi connectivity index (χ3n) is 4.35. The van der Waals surface area contributed by atoms with Gasteiger partial charge in [0.25, 0.3) is 0 Å². The molecule has 2 N–H and O–H groups in total. The number of fused-ring (bicyclic) bond motifs is 7. The second-order valence-electron chi connectivity index (χ2n) is 5.67. The third kappa shape index (κ3) is 1.77. The fourth-order valence-electron chi connectivity index (χ4n) is 3.25. The average Bonchev–Trinajstić information content (AvgIpc) is 3.04. The van der Waals surface area contributed by atoms with E-state index in [0.717, 1.165) is 32.8 Å². The molecule has 7 nitrogen and oxygen atoms in total. The molecule has 120 valence electrons. The number of aliphatic imine (C=N–C) groups is 1. The van der Waals surface area contributed by atoms with Gasteiger partial charge in [-0.05, 0) is 31.0 Å². The Labute approximate surface area is 141 Å². The zero-order valence-corrected chi connectivity index (χ0v) is 13.4. The van der Waals surface area contributed by atoms with Gasteiger partial charge in [0, 0.05) is 30.2 Å². The van der Waals surface area contributed by atoms with E-state index in [1.54, 1.807) is 13.2 Å². The van der Waals surface area contributed by atoms with Crippen LogP contribution in [0.2, 0.25) is 0 Å². The van der Waals surface area contributed by atoms with Crippen molar-refractivity contribution in [3.63, 3.8) is 0 Å². The van der Waals surface area contributed by atoms with Gasteiger partial charge in [-0.1, -0.05) is 0 Å². The van der Waals surface area contributed by atoms with E-state index in [9.17, 15) is 0 Å². The predicted molar refractivity (Wildman–Crippen MR) is 101 cm³/mol. The quantitative estimate of drug-likeness (QED) is 0.382. The Bertz CT molecular complexity index is 1300.